The minimum Gasteiger partial charge on any atom is -0.341 e. The smallest absolute Gasteiger partial charge is 0.254 e. The Balaban J connectivity index is 2.06. The Bertz CT molecular complexity index is 548. The maximum atomic E-state index is 13.2. The summed E-state index contributed by atoms with van der Waals surface area (Å²) in [5, 5.41) is 0. The van der Waals surface area contributed by atoms with Crippen LogP contribution in [0.2, 0.25) is 0 Å². The van der Waals surface area contributed by atoms with Gasteiger partial charge >= 0.3 is 0 Å². The molecule has 0 saturated carbocycles. The molecule has 6 heteroatoms. The molecule has 0 N–H and O–H groups in total. The summed E-state index contributed by atoms with van der Waals surface area (Å²) in [5.41, 5.74) is 0.129. The molecule has 2 rings (SSSR count). The monoisotopic (exact) mass is 296 g/mol. The molecule has 0 spiro atoms. The van der Waals surface area contributed by atoms with Gasteiger partial charge in [-0.3, -0.25) is 9.59 Å². The number of hydrogen-bond donors (Lipinski definition) is 0. The van der Waals surface area contributed by atoms with Crippen molar-refractivity contribution in [3.63, 3.8) is 0 Å². The Kier molecular flexibility index (Phi) is 4.88. The van der Waals surface area contributed by atoms with Crippen LogP contribution >= 0.6 is 0 Å². The molecular formula is C15H18F2N2O2. The summed E-state index contributed by atoms with van der Waals surface area (Å²) in [7, 11) is 0. The van der Waals surface area contributed by atoms with Gasteiger partial charge in [-0.05, 0) is 24.6 Å². The summed E-state index contributed by atoms with van der Waals surface area (Å²) in [6.07, 6.45) is 1.12. The van der Waals surface area contributed by atoms with Crippen LogP contribution in [-0.2, 0) is 4.79 Å². The Morgan fingerprint density at radius 2 is 1.71 bits per heavy atom. The molecule has 1 heterocycles. The van der Waals surface area contributed by atoms with E-state index < -0.39 is 11.6 Å². The van der Waals surface area contributed by atoms with Crippen LogP contribution < -0.4 is 0 Å². The van der Waals surface area contributed by atoms with Crippen molar-refractivity contribution in [2.75, 3.05) is 26.2 Å². The predicted octanol–water partition coefficient (Wildman–Crippen LogP) is 2.05. The van der Waals surface area contributed by atoms with Crippen molar-refractivity contribution in [1.29, 1.82) is 0 Å². The van der Waals surface area contributed by atoms with E-state index >= 15 is 0 Å². The molecule has 1 fully saturated rings. The van der Waals surface area contributed by atoms with Gasteiger partial charge in [0.2, 0.25) is 5.91 Å². The molecule has 1 aliphatic rings. The third-order valence-corrected chi connectivity index (χ3v) is 3.60. The largest absolute Gasteiger partial charge is 0.341 e. The van der Waals surface area contributed by atoms with E-state index in [0.29, 0.717) is 39.0 Å². The molecule has 0 bridgehead atoms. The van der Waals surface area contributed by atoms with Crippen molar-refractivity contribution >= 4 is 11.8 Å². The van der Waals surface area contributed by atoms with Gasteiger partial charge < -0.3 is 9.80 Å². The average molecular weight is 296 g/mol. The van der Waals surface area contributed by atoms with Crippen LogP contribution in [0.5, 0.6) is 0 Å². The SMILES string of the molecule is CCC(=O)N1CCCN(C(=O)c2ccc(F)c(F)c2)CC1. The Morgan fingerprint density at radius 3 is 2.38 bits per heavy atom. The maximum absolute atomic E-state index is 13.2. The number of benzene rings is 1. The van der Waals surface area contributed by atoms with Gasteiger partial charge in [0.25, 0.3) is 5.91 Å². The molecule has 0 unspecified atom stereocenters. The first-order valence-electron chi connectivity index (χ1n) is 7.05. The zero-order valence-corrected chi connectivity index (χ0v) is 11.9. The van der Waals surface area contributed by atoms with Gasteiger partial charge in [0.1, 0.15) is 0 Å². The second kappa shape index (κ2) is 6.65. The van der Waals surface area contributed by atoms with Crippen molar-refractivity contribution < 1.29 is 18.4 Å². The zero-order chi connectivity index (χ0) is 15.4. The number of amides is 2. The number of halogens is 2. The van der Waals surface area contributed by atoms with Crippen LogP contribution in [0.15, 0.2) is 18.2 Å². The number of nitrogens with zero attached hydrogens (tertiary/aromatic N) is 2. The molecule has 2 amide bonds. The zero-order valence-electron chi connectivity index (χ0n) is 11.9. The molecule has 0 aromatic heterocycles. The second-order valence-electron chi connectivity index (χ2n) is 5.01. The van der Waals surface area contributed by atoms with Crippen molar-refractivity contribution in [2.45, 2.75) is 19.8 Å². The molecule has 0 radical (unpaired) electrons. The van der Waals surface area contributed by atoms with Crippen molar-refractivity contribution in [3.05, 3.63) is 35.4 Å². The Hall–Kier alpha value is -1.98. The standard InChI is InChI=1S/C15H18F2N2O2/c1-2-14(20)18-6-3-7-19(9-8-18)15(21)11-4-5-12(16)13(17)10-11/h4-5,10H,2-3,6-9H2,1H3. The molecule has 114 valence electrons. The highest BCUT2D eigenvalue weighted by molar-refractivity contribution is 5.94. The third-order valence-electron chi connectivity index (χ3n) is 3.60. The van der Waals surface area contributed by atoms with Crippen LogP contribution in [0.25, 0.3) is 0 Å². The number of carbonyl (C=O) groups excluding carboxylic acids is 2. The third kappa shape index (κ3) is 3.56. The molecule has 1 saturated heterocycles. The fourth-order valence-electron chi connectivity index (χ4n) is 2.41. The summed E-state index contributed by atoms with van der Waals surface area (Å²) < 4.78 is 26.1. The quantitative estimate of drug-likeness (QED) is 0.838. The first-order valence-corrected chi connectivity index (χ1v) is 7.05. The van der Waals surface area contributed by atoms with Crippen molar-refractivity contribution in [1.82, 2.24) is 9.80 Å². The lowest BCUT2D eigenvalue weighted by Gasteiger charge is -2.22. The van der Waals surface area contributed by atoms with E-state index in [1.54, 1.807) is 16.7 Å². The van der Waals surface area contributed by atoms with E-state index in [-0.39, 0.29) is 17.4 Å². The van der Waals surface area contributed by atoms with E-state index in [4.69, 9.17) is 0 Å². The van der Waals surface area contributed by atoms with E-state index in [0.717, 1.165) is 12.1 Å². The first kappa shape index (κ1) is 15.4. The van der Waals surface area contributed by atoms with Gasteiger partial charge in [-0.1, -0.05) is 6.92 Å². The molecule has 1 aliphatic heterocycles. The first-order chi connectivity index (χ1) is 10.0. The molecule has 1 aromatic carbocycles. The summed E-state index contributed by atoms with van der Waals surface area (Å²) in [4.78, 5) is 27.3. The predicted molar refractivity (Wildman–Crippen MR) is 73.7 cm³/mol. The molecule has 1 aromatic rings. The van der Waals surface area contributed by atoms with Gasteiger partial charge in [-0.2, -0.15) is 0 Å². The minimum absolute atomic E-state index is 0.0668. The lowest BCUT2D eigenvalue weighted by atomic mass is 10.2. The van der Waals surface area contributed by atoms with E-state index in [1.807, 2.05) is 0 Å². The van der Waals surface area contributed by atoms with Crippen molar-refractivity contribution in [3.8, 4) is 0 Å². The van der Waals surface area contributed by atoms with E-state index in [2.05, 4.69) is 0 Å². The summed E-state index contributed by atoms with van der Waals surface area (Å²) in [6.45, 7) is 3.81. The molecule has 0 aliphatic carbocycles. The Labute approximate surface area is 122 Å². The number of rotatable bonds is 2. The van der Waals surface area contributed by atoms with E-state index in [9.17, 15) is 18.4 Å². The lowest BCUT2D eigenvalue weighted by molar-refractivity contribution is -0.130. The van der Waals surface area contributed by atoms with Gasteiger partial charge in [0.15, 0.2) is 11.6 Å². The van der Waals surface area contributed by atoms with Gasteiger partial charge in [-0.25, -0.2) is 8.78 Å². The van der Waals surface area contributed by atoms with Crippen LogP contribution in [0, 0.1) is 11.6 Å². The van der Waals surface area contributed by atoms with Crippen molar-refractivity contribution in [2.24, 2.45) is 0 Å². The number of hydrogen-bond acceptors (Lipinski definition) is 2. The second-order valence-corrected chi connectivity index (χ2v) is 5.01. The highest BCUT2D eigenvalue weighted by atomic mass is 19.2. The van der Waals surface area contributed by atoms with Crippen LogP contribution in [0.1, 0.15) is 30.1 Å². The van der Waals surface area contributed by atoms with Gasteiger partial charge in [0.05, 0.1) is 0 Å². The minimum atomic E-state index is -1.03. The van der Waals surface area contributed by atoms with Crippen LogP contribution in [-0.4, -0.2) is 47.8 Å². The highest BCUT2D eigenvalue weighted by Gasteiger charge is 2.22. The fraction of sp³-hybridized carbons (Fsp3) is 0.467. The average Bonchev–Trinajstić information content (AvgIpc) is 2.74. The topological polar surface area (TPSA) is 40.6 Å². The normalized spacial score (nSPS) is 15.8. The summed E-state index contributed by atoms with van der Waals surface area (Å²) in [6, 6.07) is 3.14. The van der Waals surface area contributed by atoms with Crippen LogP contribution in [0.4, 0.5) is 8.78 Å². The molecular weight excluding hydrogens is 278 g/mol. The summed E-state index contributed by atoms with van der Waals surface area (Å²) in [5.74, 6) is -2.27. The maximum Gasteiger partial charge on any atom is 0.254 e. The van der Waals surface area contributed by atoms with E-state index in [1.165, 1.54) is 6.07 Å². The fourth-order valence-corrected chi connectivity index (χ4v) is 2.41. The van der Waals surface area contributed by atoms with Crippen LogP contribution in [0.3, 0.4) is 0 Å². The molecule has 0 atom stereocenters. The van der Waals surface area contributed by atoms with Gasteiger partial charge in [0, 0.05) is 38.2 Å². The van der Waals surface area contributed by atoms with Gasteiger partial charge in [-0.15, -0.1) is 0 Å². The molecule has 21 heavy (non-hydrogen) atoms. The lowest BCUT2D eigenvalue weighted by Crippen LogP contribution is -2.37. The summed E-state index contributed by atoms with van der Waals surface area (Å²) >= 11 is 0. The number of carbonyl (C=O) groups is 2. The molecule has 4 nitrogen and oxygen atoms in total. The Morgan fingerprint density at radius 1 is 1.05 bits per heavy atom. The highest BCUT2D eigenvalue weighted by Crippen LogP contribution is 2.13.